The Morgan fingerprint density at radius 2 is 0.885 bits per heavy atom. The van der Waals surface area contributed by atoms with Gasteiger partial charge in [0, 0.05) is 68.3 Å². The van der Waals surface area contributed by atoms with Crippen LogP contribution >= 0.6 is 0 Å². The normalized spacial score (nSPS) is 11.8. The first-order chi connectivity index (χ1) is 25.7. The van der Waals surface area contributed by atoms with Crippen molar-refractivity contribution in [3.63, 3.8) is 0 Å². The molecule has 3 heterocycles. The second kappa shape index (κ2) is 13.6. The highest BCUT2D eigenvalue weighted by Crippen LogP contribution is 2.35. The molecule has 0 aliphatic rings. The Bertz CT molecular complexity index is 2670. The van der Waals surface area contributed by atoms with E-state index >= 15 is 0 Å². The van der Waals surface area contributed by atoms with Crippen molar-refractivity contribution in [1.82, 2.24) is 19.3 Å². The van der Waals surface area contributed by atoms with E-state index in [9.17, 15) is 0 Å². The van der Waals surface area contributed by atoms with E-state index in [0.29, 0.717) is 11.8 Å². The molecule has 0 bridgehead atoms. The molecule has 5 heteroatoms. The topological polar surface area (TPSA) is 48.8 Å². The fraction of sp³-hybridized carbons (Fsp3) is 0.191. The molecule has 0 aliphatic carbocycles. The molecule has 6 aromatic carbocycles. The SMILES string of the molecule is CCCCCCCCn1c2ccccc2c2cc(-c3ccc(-c4nnc(-c5ccc(-c6ccc7c(c6)c6ccccc6n7C)cc5)o4)cc3)ccc21. The molecule has 0 saturated carbocycles. The van der Waals surface area contributed by atoms with Crippen LogP contribution in [0.3, 0.4) is 0 Å². The molecule has 0 amide bonds. The van der Waals surface area contributed by atoms with Crippen LogP contribution in [0.1, 0.15) is 45.4 Å². The molecule has 5 nitrogen and oxygen atoms in total. The highest BCUT2D eigenvalue weighted by atomic mass is 16.4. The lowest BCUT2D eigenvalue weighted by Crippen LogP contribution is -1.97. The molecule has 0 aliphatic heterocycles. The number of para-hydroxylation sites is 2. The number of benzene rings is 6. The minimum atomic E-state index is 0.512. The first-order valence-corrected chi connectivity index (χ1v) is 18.7. The molecule has 52 heavy (non-hydrogen) atoms. The summed E-state index contributed by atoms with van der Waals surface area (Å²) in [6.45, 7) is 3.33. The zero-order chi connectivity index (χ0) is 35.0. The lowest BCUT2D eigenvalue weighted by molar-refractivity contribution is 0.571. The molecular weight excluding hydrogens is 637 g/mol. The van der Waals surface area contributed by atoms with E-state index in [2.05, 4.69) is 167 Å². The van der Waals surface area contributed by atoms with Crippen LogP contribution in [0.5, 0.6) is 0 Å². The van der Waals surface area contributed by atoms with E-state index in [1.54, 1.807) is 0 Å². The molecule has 0 N–H and O–H groups in total. The first-order valence-electron chi connectivity index (χ1n) is 18.7. The van der Waals surface area contributed by atoms with Crippen LogP contribution in [-0.2, 0) is 13.6 Å². The predicted octanol–water partition coefficient (Wildman–Crippen LogP) is 12.9. The lowest BCUT2D eigenvalue weighted by Gasteiger charge is -2.08. The number of unbranched alkanes of at least 4 members (excludes halogenated alkanes) is 5. The Morgan fingerprint density at radius 3 is 1.52 bits per heavy atom. The van der Waals surface area contributed by atoms with Gasteiger partial charge in [0.05, 0.1) is 0 Å². The van der Waals surface area contributed by atoms with E-state index in [1.807, 2.05) is 0 Å². The summed E-state index contributed by atoms with van der Waals surface area (Å²) < 4.78 is 11.0. The van der Waals surface area contributed by atoms with Crippen LogP contribution in [-0.4, -0.2) is 19.3 Å². The van der Waals surface area contributed by atoms with Crippen LogP contribution in [0.25, 0.3) is 88.8 Å². The monoisotopic (exact) mass is 678 g/mol. The minimum absolute atomic E-state index is 0.512. The smallest absolute Gasteiger partial charge is 0.248 e. The Kier molecular flexibility index (Phi) is 8.40. The van der Waals surface area contributed by atoms with Crippen molar-refractivity contribution in [1.29, 1.82) is 0 Å². The van der Waals surface area contributed by atoms with Gasteiger partial charge < -0.3 is 13.6 Å². The van der Waals surface area contributed by atoms with Gasteiger partial charge in [-0.2, -0.15) is 0 Å². The van der Waals surface area contributed by atoms with Gasteiger partial charge in [-0.05, 0) is 89.3 Å². The van der Waals surface area contributed by atoms with Gasteiger partial charge in [0.25, 0.3) is 0 Å². The van der Waals surface area contributed by atoms with Crippen molar-refractivity contribution in [3.05, 3.63) is 133 Å². The van der Waals surface area contributed by atoms with Crippen molar-refractivity contribution in [2.75, 3.05) is 0 Å². The maximum atomic E-state index is 6.20. The molecule has 0 saturated heterocycles. The van der Waals surface area contributed by atoms with Crippen LogP contribution in [0, 0.1) is 0 Å². The number of rotatable bonds is 11. The number of aromatic nitrogens is 4. The summed E-state index contributed by atoms with van der Waals surface area (Å²) >= 11 is 0. The second-order valence-corrected chi connectivity index (χ2v) is 14.0. The molecule has 0 fully saturated rings. The first kappa shape index (κ1) is 32.0. The number of nitrogens with zero attached hydrogens (tertiary/aromatic N) is 4. The summed E-state index contributed by atoms with van der Waals surface area (Å²) in [5.74, 6) is 1.03. The number of hydrogen-bond donors (Lipinski definition) is 0. The fourth-order valence-electron chi connectivity index (χ4n) is 7.94. The van der Waals surface area contributed by atoms with Gasteiger partial charge in [0.1, 0.15) is 0 Å². The van der Waals surface area contributed by atoms with Gasteiger partial charge in [-0.15, -0.1) is 10.2 Å². The number of aryl methyl sites for hydroxylation is 2. The summed E-state index contributed by atoms with van der Waals surface area (Å²) in [5.41, 5.74) is 11.6. The second-order valence-electron chi connectivity index (χ2n) is 14.0. The van der Waals surface area contributed by atoms with E-state index in [0.717, 1.165) is 28.8 Å². The van der Waals surface area contributed by atoms with Crippen molar-refractivity contribution < 1.29 is 4.42 Å². The molecule has 0 atom stereocenters. The third-order valence-electron chi connectivity index (χ3n) is 10.8. The summed E-state index contributed by atoms with van der Waals surface area (Å²) in [7, 11) is 2.13. The third-order valence-corrected chi connectivity index (χ3v) is 10.8. The minimum Gasteiger partial charge on any atom is -0.416 e. The molecule has 3 aromatic heterocycles. The zero-order valence-electron chi connectivity index (χ0n) is 29.8. The highest BCUT2D eigenvalue weighted by molar-refractivity contribution is 6.10. The molecule has 0 radical (unpaired) electrons. The van der Waals surface area contributed by atoms with Gasteiger partial charge in [-0.25, -0.2) is 0 Å². The zero-order valence-corrected chi connectivity index (χ0v) is 29.8. The predicted molar refractivity (Wildman–Crippen MR) is 216 cm³/mol. The molecule has 0 unspecified atom stereocenters. The van der Waals surface area contributed by atoms with Crippen molar-refractivity contribution in [3.8, 4) is 45.2 Å². The van der Waals surface area contributed by atoms with Crippen LogP contribution < -0.4 is 0 Å². The fourth-order valence-corrected chi connectivity index (χ4v) is 7.94. The Balaban J connectivity index is 0.928. The van der Waals surface area contributed by atoms with Crippen molar-refractivity contribution in [2.45, 2.75) is 52.0 Å². The van der Waals surface area contributed by atoms with Gasteiger partial charge in [-0.3, -0.25) is 0 Å². The molecule has 9 aromatic rings. The van der Waals surface area contributed by atoms with Crippen LogP contribution in [0.4, 0.5) is 0 Å². The Hall–Kier alpha value is -5.94. The van der Waals surface area contributed by atoms with Crippen LogP contribution in [0.2, 0.25) is 0 Å². The summed E-state index contributed by atoms with van der Waals surface area (Å²) in [4.78, 5) is 0. The Morgan fingerprint density at radius 1 is 0.442 bits per heavy atom. The standard InChI is InChI=1S/C47H42N4O/c1-3-4-5-6-7-12-29-51-44-16-11-9-14-39(44)41-31-37(26-28-45(41)51)33-19-23-35(24-20-33)47-49-48-46(52-47)34-21-17-32(18-22-34)36-25-27-43-40(30-36)38-13-8-10-15-42(38)50(43)2/h8-11,13-28,30-31H,3-7,12,29H2,1-2H3. The number of hydrogen-bond acceptors (Lipinski definition) is 3. The van der Waals surface area contributed by atoms with E-state index in [-0.39, 0.29) is 0 Å². The molecule has 0 spiro atoms. The maximum Gasteiger partial charge on any atom is 0.248 e. The largest absolute Gasteiger partial charge is 0.416 e. The maximum absolute atomic E-state index is 6.20. The summed E-state index contributed by atoms with van der Waals surface area (Å²) in [6.07, 6.45) is 7.81. The van der Waals surface area contributed by atoms with E-state index < -0.39 is 0 Å². The summed E-state index contributed by atoms with van der Waals surface area (Å²) in [6, 6.07) is 47.8. The van der Waals surface area contributed by atoms with Gasteiger partial charge in [0.2, 0.25) is 11.8 Å². The van der Waals surface area contributed by atoms with E-state index in [4.69, 9.17) is 4.42 Å². The average molecular weight is 679 g/mol. The van der Waals surface area contributed by atoms with Gasteiger partial charge in [0.15, 0.2) is 0 Å². The van der Waals surface area contributed by atoms with Crippen LogP contribution in [0.15, 0.2) is 138 Å². The third kappa shape index (κ3) is 5.76. The van der Waals surface area contributed by atoms with Crippen molar-refractivity contribution >= 4 is 43.6 Å². The van der Waals surface area contributed by atoms with Gasteiger partial charge in [-0.1, -0.05) is 112 Å². The lowest BCUT2D eigenvalue weighted by atomic mass is 10.0. The number of fused-ring (bicyclic) bond motifs is 6. The summed E-state index contributed by atoms with van der Waals surface area (Å²) in [5, 5.41) is 14.0. The van der Waals surface area contributed by atoms with Crippen molar-refractivity contribution in [2.24, 2.45) is 7.05 Å². The molecule has 256 valence electrons. The Labute approximate surface area is 304 Å². The quantitative estimate of drug-likeness (QED) is 0.128. The van der Waals surface area contributed by atoms with Gasteiger partial charge >= 0.3 is 0 Å². The molecule has 9 rings (SSSR count). The average Bonchev–Trinajstić information content (AvgIpc) is 3.90. The van der Waals surface area contributed by atoms with E-state index in [1.165, 1.54) is 93.3 Å². The highest BCUT2D eigenvalue weighted by Gasteiger charge is 2.15. The molecular formula is C47H42N4O.